The lowest BCUT2D eigenvalue weighted by atomic mass is 9.83. The van der Waals surface area contributed by atoms with Gasteiger partial charge in [0.05, 0.1) is 17.2 Å². The summed E-state index contributed by atoms with van der Waals surface area (Å²) < 4.78 is 2.79. The maximum absolute atomic E-state index is 12.6. The highest BCUT2D eigenvalue weighted by Gasteiger charge is 2.42. The number of aromatic nitrogens is 2. The van der Waals surface area contributed by atoms with Crippen molar-refractivity contribution >= 4 is 21.8 Å². The number of aliphatic hydroxyl groups excluding tert-OH is 1. The van der Waals surface area contributed by atoms with Gasteiger partial charge in [0.1, 0.15) is 0 Å². The largest absolute Gasteiger partial charge is 0.396 e. The van der Waals surface area contributed by atoms with Crippen molar-refractivity contribution in [2.75, 3.05) is 13.2 Å². The van der Waals surface area contributed by atoms with E-state index < -0.39 is 0 Å². The van der Waals surface area contributed by atoms with Gasteiger partial charge in [-0.15, -0.1) is 0 Å². The van der Waals surface area contributed by atoms with Gasteiger partial charge in [-0.25, -0.2) is 0 Å². The van der Waals surface area contributed by atoms with Gasteiger partial charge in [-0.1, -0.05) is 12.1 Å². The molecule has 23 heavy (non-hydrogen) atoms. The molecule has 1 N–H and O–H groups in total. The molecule has 5 nitrogen and oxygen atoms in total. The third kappa shape index (κ3) is 3.33. The van der Waals surface area contributed by atoms with Gasteiger partial charge in [-0.05, 0) is 53.4 Å². The molecule has 1 atom stereocenters. The Morgan fingerprint density at radius 1 is 1.39 bits per heavy atom. The van der Waals surface area contributed by atoms with Gasteiger partial charge in [-0.3, -0.25) is 9.48 Å². The highest BCUT2D eigenvalue weighted by Crippen LogP contribution is 2.34. The Hall–Kier alpha value is -1.66. The molecule has 0 saturated carbocycles. The van der Waals surface area contributed by atoms with E-state index >= 15 is 0 Å². The van der Waals surface area contributed by atoms with Crippen molar-refractivity contribution in [3.63, 3.8) is 0 Å². The minimum atomic E-state index is -0.203. The SMILES string of the molecule is CC1(CCO)CCN1C(=O)c1ccc(Cn2cc(Br)cn2)cc1. The first kappa shape index (κ1) is 16.2. The van der Waals surface area contributed by atoms with Crippen LogP contribution in [0.2, 0.25) is 0 Å². The zero-order chi connectivity index (χ0) is 16.4. The minimum Gasteiger partial charge on any atom is -0.396 e. The Morgan fingerprint density at radius 3 is 2.65 bits per heavy atom. The summed E-state index contributed by atoms with van der Waals surface area (Å²) in [5, 5.41) is 13.4. The van der Waals surface area contributed by atoms with Crippen molar-refractivity contribution < 1.29 is 9.90 Å². The average Bonchev–Trinajstić information content (AvgIpc) is 2.92. The van der Waals surface area contributed by atoms with Crippen molar-refractivity contribution in [1.29, 1.82) is 0 Å². The molecule has 6 heteroatoms. The van der Waals surface area contributed by atoms with E-state index in [1.807, 2.05) is 47.0 Å². The molecule has 0 bridgehead atoms. The van der Waals surface area contributed by atoms with Gasteiger partial charge < -0.3 is 10.0 Å². The van der Waals surface area contributed by atoms with Crippen molar-refractivity contribution in [2.45, 2.75) is 31.8 Å². The number of hydrogen-bond donors (Lipinski definition) is 1. The molecule has 0 radical (unpaired) electrons. The van der Waals surface area contributed by atoms with E-state index in [2.05, 4.69) is 21.0 Å². The molecule has 1 amide bonds. The van der Waals surface area contributed by atoms with Gasteiger partial charge in [0.25, 0.3) is 5.91 Å². The quantitative estimate of drug-likeness (QED) is 0.871. The first-order valence-electron chi connectivity index (χ1n) is 7.71. The predicted molar refractivity (Wildman–Crippen MR) is 91.2 cm³/mol. The standard InChI is InChI=1S/C17H20BrN3O2/c1-17(7-9-22)6-8-21(17)16(23)14-4-2-13(3-5-14)11-20-12-15(18)10-19-20/h2-5,10,12,22H,6-9,11H2,1H3. The second-order valence-electron chi connectivity index (χ2n) is 6.23. The monoisotopic (exact) mass is 377 g/mol. The fourth-order valence-electron chi connectivity index (χ4n) is 2.97. The molecule has 2 aromatic rings. The molecule has 1 aromatic carbocycles. The molecular weight excluding hydrogens is 358 g/mol. The van der Waals surface area contributed by atoms with Gasteiger partial charge in [0.2, 0.25) is 0 Å². The Bertz CT molecular complexity index is 698. The van der Waals surface area contributed by atoms with E-state index in [4.69, 9.17) is 5.11 Å². The van der Waals surface area contributed by atoms with Crippen LogP contribution >= 0.6 is 15.9 Å². The molecule has 1 saturated heterocycles. The van der Waals surface area contributed by atoms with Crippen LogP contribution in [-0.4, -0.2) is 44.4 Å². The van der Waals surface area contributed by atoms with Gasteiger partial charge in [0.15, 0.2) is 0 Å². The number of likely N-dealkylation sites (tertiary alicyclic amines) is 1. The summed E-state index contributed by atoms with van der Waals surface area (Å²) in [6.45, 7) is 3.58. The molecule has 0 spiro atoms. The molecule has 1 unspecified atom stereocenters. The summed E-state index contributed by atoms with van der Waals surface area (Å²) >= 11 is 3.38. The lowest BCUT2D eigenvalue weighted by Crippen LogP contribution is -2.60. The molecule has 1 aromatic heterocycles. The number of benzene rings is 1. The van der Waals surface area contributed by atoms with Gasteiger partial charge in [-0.2, -0.15) is 5.10 Å². The maximum Gasteiger partial charge on any atom is 0.254 e. The molecule has 3 rings (SSSR count). The second-order valence-corrected chi connectivity index (χ2v) is 7.15. The summed E-state index contributed by atoms with van der Waals surface area (Å²) in [5.74, 6) is 0.0422. The van der Waals surface area contributed by atoms with E-state index in [1.165, 1.54) is 0 Å². The fraction of sp³-hybridized carbons (Fsp3) is 0.412. The van der Waals surface area contributed by atoms with Crippen molar-refractivity contribution in [1.82, 2.24) is 14.7 Å². The average molecular weight is 378 g/mol. The number of halogens is 1. The van der Waals surface area contributed by atoms with Crippen molar-refractivity contribution in [3.8, 4) is 0 Å². The van der Waals surface area contributed by atoms with E-state index in [0.717, 1.165) is 23.0 Å². The summed E-state index contributed by atoms with van der Waals surface area (Å²) in [6.07, 6.45) is 5.25. The molecule has 1 aliphatic rings. The summed E-state index contributed by atoms with van der Waals surface area (Å²) in [4.78, 5) is 14.5. The van der Waals surface area contributed by atoms with Crippen molar-refractivity contribution in [3.05, 3.63) is 52.3 Å². The predicted octanol–water partition coefficient (Wildman–Crippen LogP) is 2.68. The number of aliphatic hydroxyl groups is 1. The molecule has 1 fully saturated rings. The third-order valence-corrected chi connectivity index (χ3v) is 4.98. The molecule has 2 heterocycles. The number of rotatable bonds is 5. The normalized spacial score (nSPS) is 20.4. The van der Waals surface area contributed by atoms with E-state index in [0.29, 0.717) is 18.5 Å². The van der Waals surface area contributed by atoms with Crippen LogP contribution in [-0.2, 0) is 6.54 Å². The van der Waals surface area contributed by atoms with Crippen LogP contribution in [0.25, 0.3) is 0 Å². The second kappa shape index (κ2) is 6.45. The lowest BCUT2D eigenvalue weighted by Gasteiger charge is -2.50. The highest BCUT2D eigenvalue weighted by molar-refractivity contribution is 9.10. The highest BCUT2D eigenvalue weighted by atomic mass is 79.9. The topological polar surface area (TPSA) is 58.4 Å². The Kier molecular flexibility index (Phi) is 4.55. The Morgan fingerprint density at radius 2 is 2.13 bits per heavy atom. The van der Waals surface area contributed by atoms with Crippen LogP contribution in [0.15, 0.2) is 41.1 Å². The summed E-state index contributed by atoms with van der Waals surface area (Å²) in [7, 11) is 0. The third-order valence-electron chi connectivity index (χ3n) is 4.57. The number of nitrogens with zero attached hydrogens (tertiary/aromatic N) is 3. The molecular formula is C17H20BrN3O2. The van der Waals surface area contributed by atoms with Crippen molar-refractivity contribution in [2.24, 2.45) is 0 Å². The number of carbonyl (C=O) groups is 1. The number of amides is 1. The van der Waals surface area contributed by atoms with E-state index in [9.17, 15) is 4.79 Å². The number of hydrogen-bond acceptors (Lipinski definition) is 3. The van der Waals surface area contributed by atoms with E-state index in [1.54, 1.807) is 6.20 Å². The fourth-order valence-corrected chi connectivity index (χ4v) is 3.30. The molecule has 0 aliphatic carbocycles. The first-order valence-corrected chi connectivity index (χ1v) is 8.51. The van der Waals surface area contributed by atoms with Gasteiger partial charge in [0, 0.05) is 30.5 Å². The summed E-state index contributed by atoms with van der Waals surface area (Å²) in [5.41, 5.74) is 1.59. The lowest BCUT2D eigenvalue weighted by molar-refractivity contribution is -0.00491. The van der Waals surface area contributed by atoms with Crippen LogP contribution in [0.1, 0.15) is 35.7 Å². The Balaban J connectivity index is 1.68. The zero-order valence-corrected chi connectivity index (χ0v) is 14.7. The van der Waals surface area contributed by atoms with Gasteiger partial charge >= 0.3 is 0 Å². The number of carbonyl (C=O) groups excluding carboxylic acids is 1. The van der Waals surface area contributed by atoms with Crippen LogP contribution < -0.4 is 0 Å². The van der Waals surface area contributed by atoms with Crippen LogP contribution in [0, 0.1) is 0 Å². The van der Waals surface area contributed by atoms with E-state index in [-0.39, 0.29) is 18.1 Å². The summed E-state index contributed by atoms with van der Waals surface area (Å²) in [6, 6.07) is 7.67. The minimum absolute atomic E-state index is 0.0422. The molecule has 122 valence electrons. The first-order chi connectivity index (χ1) is 11.0. The zero-order valence-electron chi connectivity index (χ0n) is 13.1. The van der Waals surface area contributed by atoms with Crippen LogP contribution in [0.3, 0.4) is 0 Å². The maximum atomic E-state index is 12.6. The van der Waals surface area contributed by atoms with Crippen LogP contribution in [0.5, 0.6) is 0 Å². The smallest absolute Gasteiger partial charge is 0.254 e. The molecule has 1 aliphatic heterocycles. The Labute approximate surface area is 144 Å². The van der Waals surface area contributed by atoms with Crippen LogP contribution in [0.4, 0.5) is 0 Å².